The third kappa shape index (κ3) is 4.90. The molecule has 0 aromatic rings. The maximum atomic E-state index is 5.35. The van der Waals surface area contributed by atoms with E-state index in [2.05, 4.69) is 0 Å². The summed E-state index contributed by atoms with van der Waals surface area (Å²) in [4.78, 5) is 0. The van der Waals surface area contributed by atoms with Crippen molar-refractivity contribution in [3.8, 4) is 0 Å². The highest BCUT2D eigenvalue weighted by molar-refractivity contribution is 4.78. The second-order valence-corrected chi connectivity index (χ2v) is 3.16. The molecule has 0 aliphatic heterocycles. The Hall–Kier alpha value is -0.200. The molecule has 15 heavy (non-hydrogen) atoms. The molecule has 5 nitrogen and oxygen atoms in total. The molecule has 0 aromatic heterocycles. The summed E-state index contributed by atoms with van der Waals surface area (Å²) < 4.78 is 26.0. The molecule has 0 N–H and O–H groups in total. The third-order valence-corrected chi connectivity index (χ3v) is 2.27. The molecule has 5 heteroatoms. The fourth-order valence-corrected chi connectivity index (χ4v) is 1.47. The molecule has 0 rings (SSSR count). The highest BCUT2D eigenvalue weighted by Crippen LogP contribution is 2.11. The summed E-state index contributed by atoms with van der Waals surface area (Å²) in [6.45, 7) is 0.914. The molecule has 0 spiro atoms. The first kappa shape index (κ1) is 14.8. The first-order valence-corrected chi connectivity index (χ1v) is 4.81. The third-order valence-electron chi connectivity index (χ3n) is 2.27. The second-order valence-electron chi connectivity index (χ2n) is 3.16. The molecule has 0 unspecified atom stereocenters. The van der Waals surface area contributed by atoms with Crippen LogP contribution < -0.4 is 0 Å². The molecule has 92 valence electrons. The summed E-state index contributed by atoms with van der Waals surface area (Å²) in [5, 5.41) is 0. The quantitative estimate of drug-likeness (QED) is 0.562. The maximum absolute atomic E-state index is 5.35. The molecule has 0 aromatic carbocycles. The summed E-state index contributed by atoms with van der Waals surface area (Å²) >= 11 is 0. The van der Waals surface area contributed by atoms with Gasteiger partial charge in [0.25, 0.3) is 0 Å². The standard InChI is InChI=1S/C10H22O5/c1-11-6-8(13-3)10(15-5)9(14-4)7-12-2/h8-10H,6-7H2,1-5H3/t8-,9-/m0/s1. The summed E-state index contributed by atoms with van der Waals surface area (Å²) in [7, 11) is 8.10. The van der Waals surface area contributed by atoms with Gasteiger partial charge >= 0.3 is 0 Å². The lowest BCUT2D eigenvalue weighted by Gasteiger charge is -2.30. The molecule has 0 aliphatic rings. The van der Waals surface area contributed by atoms with Crippen LogP contribution in [-0.2, 0) is 23.7 Å². The van der Waals surface area contributed by atoms with Gasteiger partial charge in [0, 0.05) is 35.5 Å². The molecule has 2 atom stereocenters. The fraction of sp³-hybridized carbons (Fsp3) is 1.00. The molecule has 0 bridgehead atoms. The summed E-state index contributed by atoms with van der Waals surface area (Å²) in [6.07, 6.45) is -0.542. The van der Waals surface area contributed by atoms with Crippen LogP contribution in [0.2, 0.25) is 0 Å². The molecular formula is C10H22O5. The molecule has 0 fully saturated rings. The van der Waals surface area contributed by atoms with E-state index in [4.69, 9.17) is 23.7 Å². The van der Waals surface area contributed by atoms with Gasteiger partial charge in [0.2, 0.25) is 0 Å². The summed E-state index contributed by atoms with van der Waals surface area (Å²) in [5.74, 6) is 0. The molecular weight excluding hydrogens is 200 g/mol. The molecule has 0 radical (unpaired) electrons. The zero-order valence-electron chi connectivity index (χ0n) is 10.2. The Labute approximate surface area is 91.6 Å². The van der Waals surface area contributed by atoms with Crippen LogP contribution in [0, 0.1) is 0 Å². The van der Waals surface area contributed by atoms with Crippen LogP contribution in [0.5, 0.6) is 0 Å². The van der Waals surface area contributed by atoms with Gasteiger partial charge < -0.3 is 23.7 Å². The van der Waals surface area contributed by atoms with E-state index in [-0.39, 0.29) is 18.3 Å². The average molecular weight is 222 g/mol. The zero-order chi connectivity index (χ0) is 11.7. The van der Waals surface area contributed by atoms with Gasteiger partial charge in [-0.3, -0.25) is 0 Å². The van der Waals surface area contributed by atoms with E-state index in [0.717, 1.165) is 0 Å². The highest BCUT2D eigenvalue weighted by atomic mass is 16.6. The van der Waals surface area contributed by atoms with E-state index < -0.39 is 0 Å². The van der Waals surface area contributed by atoms with E-state index in [1.807, 2.05) is 0 Å². The van der Waals surface area contributed by atoms with Gasteiger partial charge in [-0.15, -0.1) is 0 Å². The smallest absolute Gasteiger partial charge is 0.114 e. The van der Waals surface area contributed by atoms with Crippen LogP contribution in [0.4, 0.5) is 0 Å². The lowest BCUT2D eigenvalue weighted by molar-refractivity contribution is -0.137. The Morgan fingerprint density at radius 2 is 1.07 bits per heavy atom. The van der Waals surface area contributed by atoms with Crippen molar-refractivity contribution in [3.05, 3.63) is 0 Å². The van der Waals surface area contributed by atoms with Crippen LogP contribution >= 0.6 is 0 Å². The molecule has 0 heterocycles. The number of ether oxygens (including phenoxy) is 5. The van der Waals surface area contributed by atoms with Crippen molar-refractivity contribution < 1.29 is 23.7 Å². The van der Waals surface area contributed by atoms with Crippen molar-refractivity contribution in [1.29, 1.82) is 0 Å². The normalized spacial score (nSPS) is 15.6. The van der Waals surface area contributed by atoms with Gasteiger partial charge in [0.1, 0.15) is 18.3 Å². The van der Waals surface area contributed by atoms with Crippen molar-refractivity contribution in [2.75, 3.05) is 48.8 Å². The minimum Gasteiger partial charge on any atom is -0.382 e. The number of hydrogen-bond donors (Lipinski definition) is 0. The van der Waals surface area contributed by atoms with E-state index in [1.54, 1.807) is 35.5 Å². The predicted molar refractivity (Wildman–Crippen MR) is 56.1 cm³/mol. The number of hydrogen-bond acceptors (Lipinski definition) is 5. The summed E-state index contributed by atoms with van der Waals surface area (Å²) in [6, 6.07) is 0. The van der Waals surface area contributed by atoms with E-state index in [9.17, 15) is 0 Å². The van der Waals surface area contributed by atoms with Crippen molar-refractivity contribution >= 4 is 0 Å². The highest BCUT2D eigenvalue weighted by Gasteiger charge is 2.29. The average Bonchev–Trinajstić information content (AvgIpc) is 2.27. The van der Waals surface area contributed by atoms with Gasteiger partial charge in [0.15, 0.2) is 0 Å². The fourth-order valence-electron chi connectivity index (χ4n) is 1.47. The Kier molecular flexibility index (Phi) is 8.94. The Morgan fingerprint density at radius 3 is 1.27 bits per heavy atom. The van der Waals surface area contributed by atoms with E-state index in [0.29, 0.717) is 13.2 Å². The first-order valence-electron chi connectivity index (χ1n) is 4.81. The molecule has 0 saturated heterocycles. The van der Waals surface area contributed by atoms with Gasteiger partial charge in [-0.05, 0) is 0 Å². The lowest BCUT2D eigenvalue weighted by Crippen LogP contribution is -2.45. The number of methoxy groups -OCH3 is 5. The van der Waals surface area contributed by atoms with Crippen LogP contribution in [-0.4, -0.2) is 67.1 Å². The maximum Gasteiger partial charge on any atom is 0.114 e. The van der Waals surface area contributed by atoms with Crippen molar-refractivity contribution in [1.82, 2.24) is 0 Å². The van der Waals surface area contributed by atoms with Crippen LogP contribution in [0.15, 0.2) is 0 Å². The Bertz CT molecular complexity index is 128. The van der Waals surface area contributed by atoms with Gasteiger partial charge in [0.05, 0.1) is 13.2 Å². The topological polar surface area (TPSA) is 46.2 Å². The minimum absolute atomic E-state index is 0.167. The largest absolute Gasteiger partial charge is 0.382 e. The van der Waals surface area contributed by atoms with Crippen molar-refractivity contribution in [2.24, 2.45) is 0 Å². The van der Waals surface area contributed by atoms with E-state index in [1.165, 1.54) is 0 Å². The second kappa shape index (κ2) is 9.06. The Morgan fingerprint density at radius 1 is 0.667 bits per heavy atom. The lowest BCUT2D eigenvalue weighted by atomic mass is 10.1. The van der Waals surface area contributed by atoms with Gasteiger partial charge in [-0.25, -0.2) is 0 Å². The molecule has 0 amide bonds. The van der Waals surface area contributed by atoms with Crippen LogP contribution in [0.1, 0.15) is 0 Å². The summed E-state index contributed by atoms with van der Waals surface area (Å²) in [5.41, 5.74) is 0. The monoisotopic (exact) mass is 222 g/mol. The van der Waals surface area contributed by atoms with E-state index >= 15 is 0 Å². The van der Waals surface area contributed by atoms with Crippen LogP contribution in [0.25, 0.3) is 0 Å². The molecule has 0 aliphatic carbocycles. The van der Waals surface area contributed by atoms with Crippen molar-refractivity contribution in [3.63, 3.8) is 0 Å². The first-order chi connectivity index (χ1) is 7.24. The van der Waals surface area contributed by atoms with Crippen LogP contribution in [0.3, 0.4) is 0 Å². The molecule has 0 saturated carbocycles. The van der Waals surface area contributed by atoms with Gasteiger partial charge in [-0.1, -0.05) is 0 Å². The SMILES string of the molecule is COC[C@H](OC)C(OC)[C@H](COC)OC. The predicted octanol–water partition coefficient (Wildman–Crippen LogP) is 0.324. The van der Waals surface area contributed by atoms with Crippen molar-refractivity contribution in [2.45, 2.75) is 18.3 Å². The number of rotatable bonds is 9. The zero-order valence-corrected chi connectivity index (χ0v) is 10.2. The minimum atomic E-state index is -0.208. The van der Waals surface area contributed by atoms with Gasteiger partial charge in [-0.2, -0.15) is 0 Å². The Balaban J connectivity index is 4.37.